The molecule has 0 amide bonds. The van der Waals surface area contributed by atoms with Crippen LogP contribution in [0.25, 0.3) is 0 Å². The summed E-state index contributed by atoms with van der Waals surface area (Å²) >= 11 is 6.09. The molecule has 134 valence electrons. The molecule has 1 heterocycles. The Balaban J connectivity index is 2.20. The minimum absolute atomic E-state index is 0.0566. The van der Waals surface area contributed by atoms with E-state index in [4.69, 9.17) is 21.1 Å². The number of alkyl halides is 3. The largest absolute Gasteiger partial charge is 0.467 e. The predicted molar refractivity (Wildman–Crippen MR) is 82.5 cm³/mol. The van der Waals surface area contributed by atoms with Gasteiger partial charge >= 0.3 is 12.1 Å². The smallest absolute Gasteiger partial charge is 0.417 e. The molecular weight excluding hydrogens is 363 g/mol. The summed E-state index contributed by atoms with van der Waals surface area (Å²) in [6.45, 7) is 0. The van der Waals surface area contributed by atoms with Gasteiger partial charge < -0.3 is 14.2 Å². The fraction of sp³-hybridized carbons (Fsp3) is 0.250. The Morgan fingerprint density at radius 1 is 1.20 bits per heavy atom. The number of ether oxygens (including phenoxy) is 3. The molecule has 1 aromatic heterocycles. The molecule has 25 heavy (non-hydrogen) atoms. The molecule has 0 N–H and O–H groups in total. The number of methoxy groups -OCH3 is 2. The van der Waals surface area contributed by atoms with E-state index in [0.29, 0.717) is 11.8 Å². The van der Waals surface area contributed by atoms with Crippen LogP contribution in [0.15, 0.2) is 36.5 Å². The number of pyridine rings is 1. The zero-order valence-electron chi connectivity index (χ0n) is 13.1. The Morgan fingerprint density at radius 2 is 1.92 bits per heavy atom. The first kappa shape index (κ1) is 19.0. The number of esters is 1. The number of hydrogen-bond donors (Lipinski definition) is 0. The lowest BCUT2D eigenvalue weighted by atomic mass is 10.1. The molecule has 0 fully saturated rings. The lowest BCUT2D eigenvalue weighted by Gasteiger charge is -2.15. The van der Waals surface area contributed by atoms with E-state index in [1.807, 2.05) is 0 Å². The van der Waals surface area contributed by atoms with Crippen molar-refractivity contribution in [2.24, 2.45) is 0 Å². The van der Waals surface area contributed by atoms with E-state index in [2.05, 4.69) is 9.72 Å². The fourth-order valence-corrected chi connectivity index (χ4v) is 2.19. The summed E-state index contributed by atoms with van der Waals surface area (Å²) in [6.07, 6.45) is -4.77. The van der Waals surface area contributed by atoms with Crippen molar-refractivity contribution in [1.82, 2.24) is 4.98 Å². The van der Waals surface area contributed by atoms with Gasteiger partial charge in [0, 0.05) is 19.4 Å². The quantitative estimate of drug-likeness (QED) is 0.725. The minimum Gasteiger partial charge on any atom is -0.467 e. The summed E-state index contributed by atoms with van der Waals surface area (Å²) in [6, 6.07) is 6.34. The van der Waals surface area contributed by atoms with E-state index < -0.39 is 23.8 Å². The van der Waals surface area contributed by atoms with Gasteiger partial charge in [0.2, 0.25) is 5.88 Å². The van der Waals surface area contributed by atoms with Crippen LogP contribution in [0.3, 0.4) is 0 Å². The number of carbonyl (C=O) groups is 1. The Kier molecular flexibility index (Phi) is 5.86. The van der Waals surface area contributed by atoms with E-state index in [9.17, 15) is 18.0 Å². The molecule has 1 aromatic carbocycles. The van der Waals surface area contributed by atoms with Crippen LogP contribution in [0.4, 0.5) is 13.2 Å². The SMILES string of the molecule is COC(=O)C(OC)c1ccc(Oc2ccc(C(F)(F)F)cn2)c(Cl)c1. The van der Waals surface area contributed by atoms with Gasteiger partial charge in [0.25, 0.3) is 0 Å². The maximum absolute atomic E-state index is 12.5. The van der Waals surface area contributed by atoms with E-state index in [1.165, 1.54) is 32.4 Å². The van der Waals surface area contributed by atoms with Gasteiger partial charge in [0.05, 0.1) is 17.7 Å². The van der Waals surface area contributed by atoms with Crippen LogP contribution < -0.4 is 4.74 Å². The first-order valence-electron chi connectivity index (χ1n) is 6.87. The number of aromatic nitrogens is 1. The Morgan fingerprint density at radius 3 is 2.40 bits per heavy atom. The number of hydrogen-bond acceptors (Lipinski definition) is 5. The third kappa shape index (κ3) is 4.61. The van der Waals surface area contributed by atoms with Gasteiger partial charge in [0.1, 0.15) is 5.75 Å². The predicted octanol–water partition coefficient (Wildman–Crippen LogP) is 4.41. The van der Waals surface area contributed by atoms with Gasteiger partial charge in [-0.15, -0.1) is 0 Å². The Labute approximate surface area is 146 Å². The van der Waals surface area contributed by atoms with Crippen molar-refractivity contribution in [2.75, 3.05) is 14.2 Å². The summed E-state index contributed by atoms with van der Waals surface area (Å²) < 4.78 is 52.6. The molecule has 0 spiro atoms. The van der Waals surface area contributed by atoms with Crippen LogP contribution in [0, 0.1) is 0 Å². The number of halogens is 4. The van der Waals surface area contributed by atoms with Crippen LogP contribution in [-0.2, 0) is 20.4 Å². The van der Waals surface area contributed by atoms with Crippen LogP contribution in [0.1, 0.15) is 17.2 Å². The number of nitrogens with zero attached hydrogens (tertiary/aromatic N) is 1. The lowest BCUT2D eigenvalue weighted by Crippen LogP contribution is -2.16. The molecule has 0 radical (unpaired) electrons. The second-order valence-electron chi connectivity index (χ2n) is 4.81. The van der Waals surface area contributed by atoms with E-state index >= 15 is 0 Å². The van der Waals surface area contributed by atoms with E-state index in [1.54, 1.807) is 0 Å². The van der Waals surface area contributed by atoms with Gasteiger partial charge in [-0.1, -0.05) is 17.7 Å². The Hall–Kier alpha value is -2.32. The average Bonchev–Trinajstić information content (AvgIpc) is 2.57. The highest BCUT2D eigenvalue weighted by Crippen LogP contribution is 2.33. The first-order chi connectivity index (χ1) is 11.8. The van der Waals surface area contributed by atoms with Crippen molar-refractivity contribution in [3.05, 3.63) is 52.7 Å². The molecule has 0 aliphatic carbocycles. The second kappa shape index (κ2) is 7.71. The van der Waals surface area contributed by atoms with Crippen LogP contribution in [0.5, 0.6) is 11.6 Å². The van der Waals surface area contributed by atoms with Crippen LogP contribution in [-0.4, -0.2) is 25.2 Å². The molecule has 0 aliphatic rings. The van der Waals surface area contributed by atoms with Crippen LogP contribution >= 0.6 is 11.6 Å². The highest BCUT2D eigenvalue weighted by Gasteiger charge is 2.30. The van der Waals surface area contributed by atoms with E-state index in [-0.39, 0.29) is 16.7 Å². The van der Waals surface area contributed by atoms with Crippen LogP contribution in [0.2, 0.25) is 5.02 Å². The zero-order valence-corrected chi connectivity index (χ0v) is 13.9. The summed E-state index contributed by atoms with van der Waals surface area (Å²) in [5.74, 6) is -0.493. The van der Waals surface area contributed by atoms with Crippen molar-refractivity contribution in [3.8, 4) is 11.6 Å². The molecule has 0 saturated carbocycles. The normalized spacial score (nSPS) is 12.6. The maximum atomic E-state index is 12.5. The maximum Gasteiger partial charge on any atom is 0.417 e. The van der Waals surface area contributed by atoms with Gasteiger partial charge in [-0.25, -0.2) is 9.78 Å². The average molecular weight is 376 g/mol. The first-order valence-corrected chi connectivity index (χ1v) is 7.25. The zero-order chi connectivity index (χ0) is 18.6. The highest BCUT2D eigenvalue weighted by atomic mass is 35.5. The van der Waals surface area contributed by atoms with Gasteiger partial charge in [-0.2, -0.15) is 13.2 Å². The number of benzene rings is 1. The molecule has 5 nitrogen and oxygen atoms in total. The molecular formula is C16H13ClF3NO4. The second-order valence-corrected chi connectivity index (χ2v) is 5.22. The topological polar surface area (TPSA) is 57.7 Å². The Bertz CT molecular complexity index is 750. The summed E-state index contributed by atoms with van der Waals surface area (Å²) in [5, 5.41) is 0.130. The van der Waals surface area contributed by atoms with Crippen molar-refractivity contribution in [2.45, 2.75) is 12.3 Å². The summed E-state index contributed by atoms with van der Waals surface area (Å²) in [4.78, 5) is 15.2. The molecule has 1 unspecified atom stereocenters. The monoisotopic (exact) mass is 375 g/mol. The standard InChI is InChI=1S/C16H13ClF3NO4/c1-23-14(15(22)24-2)9-3-5-12(11(17)7-9)25-13-6-4-10(8-21-13)16(18,19)20/h3-8,14H,1-2H3. The molecule has 2 rings (SSSR count). The number of carbonyl (C=O) groups excluding carboxylic acids is 1. The molecule has 2 aromatic rings. The van der Waals surface area contributed by atoms with Crippen molar-refractivity contribution in [3.63, 3.8) is 0 Å². The third-order valence-corrected chi connectivity index (χ3v) is 3.48. The van der Waals surface area contributed by atoms with E-state index in [0.717, 1.165) is 12.1 Å². The van der Waals surface area contributed by atoms with Crippen molar-refractivity contribution in [1.29, 1.82) is 0 Å². The summed E-state index contributed by atoms with van der Waals surface area (Å²) in [5.41, 5.74) is -0.450. The third-order valence-electron chi connectivity index (χ3n) is 3.19. The van der Waals surface area contributed by atoms with Gasteiger partial charge in [-0.3, -0.25) is 0 Å². The molecule has 1 atom stereocenters. The van der Waals surface area contributed by atoms with Gasteiger partial charge in [0.15, 0.2) is 6.10 Å². The fourth-order valence-electron chi connectivity index (χ4n) is 1.96. The van der Waals surface area contributed by atoms with Gasteiger partial charge in [-0.05, 0) is 23.8 Å². The molecule has 9 heteroatoms. The molecule has 0 aliphatic heterocycles. The minimum atomic E-state index is -4.48. The summed E-state index contributed by atoms with van der Waals surface area (Å²) in [7, 11) is 2.57. The molecule has 0 saturated heterocycles. The number of rotatable bonds is 5. The molecule has 0 bridgehead atoms. The highest BCUT2D eigenvalue weighted by molar-refractivity contribution is 6.32. The van der Waals surface area contributed by atoms with Crippen molar-refractivity contribution < 1.29 is 32.2 Å². The lowest BCUT2D eigenvalue weighted by molar-refractivity contribution is -0.152. The van der Waals surface area contributed by atoms with Crippen molar-refractivity contribution >= 4 is 17.6 Å².